The number of alkyl halides is 3. The van der Waals surface area contributed by atoms with Crippen LogP contribution in [0.2, 0.25) is 0 Å². The minimum absolute atomic E-state index is 0.0304. The smallest absolute Gasteiger partial charge is 0.479 e. The number of likely N-dealkylation sites (N-methyl/N-ethyl adjacent to an activating group) is 1. The monoisotopic (exact) mass is 764 g/mol. The van der Waals surface area contributed by atoms with Crippen molar-refractivity contribution in [1.29, 1.82) is 0 Å². The van der Waals surface area contributed by atoms with Crippen LogP contribution >= 0.6 is 23.1 Å². The highest BCUT2D eigenvalue weighted by atomic mass is 79.9. The molecule has 1 aromatic carbocycles. The number of aromatic nitrogens is 5. The van der Waals surface area contributed by atoms with Gasteiger partial charge in [-0.3, -0.25) is 14.9 Å². The summed E-state index contributed by atoms with van der Waals surface area (Å²) in [7, 11) is 0.627. The van der Waals surface area contributed by atoms with E-state index in [9.17, 15) is 17.7 Å². The van der Waals surface area contributed by atoms with E-state index in [4.69, 9.17) is 4.74 Å². The first-order valence-electron chi connectivity index (χ1n) is 15.7. The van der Waals surface area contributed by atoms with E-state index in [0.29, 0.717) is 51.4 Å². The summed E-state index contributed by atoms with van der Waals surface area (Å²) in [6.07, 6.45) is 1.20. The normalized spacial score (nSPS) is 16.9. The van der Waals surface area contributed by atoms with Crippen molar-refractivity contribution in [3.63, 3.8) is 0 Å². The van der Waals surface area contributed by atoms with E-state index in [2.05, 4.69) is 73.1 Å². The molecule has 0 radical (unpaired) electrons. The van der Waals surface area contributed by atoms with Crippen LogP contribution < -0.4 is 30.3 Å². The molecular formula is C31H37BrF3N10O3P. The number of pyridine rings is 1. The van der Waals surface area contributed by atoms with Gasteiger partial charge in [0.15, 0.2) is 11.6 Å². The summed E-state index contributed by atoms with van der Waals surface area (Å²) >= 11 is 3.45. The molecule has 6 rings (SSSR count). The van der Waals surface area contributed by atoms with Crippen LogP contribution in [0.15, 0.2) is 41.3 Å². The second-order valence-corrected chi connectivity index (χ2v) is 16.4. The summed E-state index contributed by atoms with van der Waals surface area (Å²) in [5.41, 5.74) is 1.67. The molecule has 262 valence electrons. The van der Waals surface area contributed by atoms with Crippen molar-refractivity contribution in [2.75, 3.05) is 82.3 Å². The molecule has 2 fully saturated rings. The van der Waals surface area contributed by atoms with Gasteiger partial charge in [-0.25, -0.2) is 4.98 Å². The molecule has 0 amide bonds. The Kier molecular flexibility index (Phi) is 10.2. The summed E-state index contributed by atoms with van der Waals surface area (Å²) in [5, 5.41) is 6.65. The van der Waals surface area contributed by atoms with Crippen molar-refractivity contribution in [2.45, 2.75) is 25.2 Å². The van der Waals surface area contributed by atoms with Crippen LogP contribution in [-0.4, -0.2) is 114 Å². The number of piperazine rings is 1. The van der Waals surface area contributed by atoms with E-state index in [1.807, 2.05) is 4.90 Å². The highest BCUT2D eigenvalue weighted by Gasteiger charge is 2.36. The van der Waals surface area contributed by atoms with Crippen molar-refractivity contribution in [3.8, 4) is 11.6 Å². The largest absolute Gasteiger partial charge is 0.573 e. The van der Waals surface area contributed by atoms with Gasteiger partial charge in [-0.1, -0.05) is 0 Å². The lowest BCUT2D eigenvalue weighted by molar-refractivity contribution is -0.274. The maximum absolute atomic E-state index is 13.7. The fourth-order valence-corrected chi connectivity index (χ4v) is 7.88. The average molecular weight is 766 g/mol. The molecule has 0 atom stereocenters. The van der Waals surface area contributed by atoms with Gasteiger partial charge in [0, 0.05) is 70.0 Å². The predicted octanol–water partition coefficient (Wildman–Crippen LogP) is 5.44. The summed E-state index contributed by atoms with van der Waals surface area (Å²) < 4.78 is 65.0. The number of halogens is 4. The Bertz CT molecular complexity index is 1870. The second-order valence-electron chi connectivity index (χ2n) is 12.3. The van der Waals surface area contributed by atoms with Gasteiger partial charge in [0.25, 0.3) is 0 Å². The number of hydrogen-bond acceptors (Lipinski definition) is 13. The fourth-order valence-electron chi connectivity index (χ4n) is 6.20. The third-order valence-corrected chi connectivity index (χ3v) is 10.7. The highest BCUT2D eigenvalue weighted by molar-refractivity contribution is 9.10. The van der Waals surface area contributed by atoms with Gasteiger partial charge in [0.2, 0.25) is 11.8 Å². The van der Waals surface area contributed by atoms with Gasteiger partial charge in [0.05, 0.1) is 28.1 Å². The van der Waals surface area contributed by atoms with Crippen molar-refractivity contribution >= 4 is 68.4 Å². The standard InChI is InChI=1S/C31H37BrF3N10O3P/c1-43-13-15-44(16-14-43)19-7-11-45(12-8-19)28-24(48-31(33,34)35)17-23(29(42-28)47-2)40-30-38-18-20(32)27(41-30)39-22-6-5-21-25(37-10-9-36-21)26(22)49(3,4)46/h5-6,9-10,17-19H,7-8,11-16H2,1-4H3,(H2,38,39,40,41). The number of piperidine rings is 1. The molecule has 18 heteroatoms. The van der Waals surface area contributed by atoms with Gasteiger partial charge in [-0.05, 0) is 61.3 Å². The molecule has 0 spiro atoms. The number of methoxy groups -OCH3 is 1. The zero-order valence-corrected chi connectivity index (χ0v) is 29.9. The van der Waals surface area contributed by atoms with E-state index >= 15 is 0 Å². The number of nitrogens with zero attached hydrogens (tertiary/aromatic N) is 8. The van der Waals surface area contributed by atoms with Crippen molar-refractivity contribution in [1.82, 2.24) is 34.7 Å². The highest BCUT2D eigenvalue weighted by Crippen LogP contribution is 2.42. The number of ether oxygens (including phenoxy) is 2. The van der Waals surface area contributed by atoms with Crippen LogP contribution in [0.3, 0.4) is 0 Å². The van der Waals surface area contributed by atoms with E-state index in [1.54, 1.807) is 31.7 Å². The third-order valence-electron chi connectivity index (χ3n) is 8.57. The Hall–Kier alpha value is -3.79. The Morgan fingerprint density at radius 1 is 0.959 bits per heavy atom. The number of nitrogens with one attached hydrogen (secondary N) is 2. The first-order valence-corrected chi connectivity index (χ1v) is 19.1. The summed E-state index contributed by atoms with van der Waals surface area (Å²) in [6, 6.07) is 5.06. The number of benzene rings is 1. The molecule has 3 aromatic heterocycles. The molecule has 2 aliphatic rings. The summed E-state index contributed by atoms with van der Waals surface area (Å²) in [4.78, 5) is 28.6. The van der Waals surface area contributed by atoms with Crippen LogP contribution in [0.1, 0.15) is 12.8 Å². The molecule has 2 saturated heterocycles. The lowest BCUT2D eigenvalue weighted by Gasteiger charge is -2.42. The minimum Gasteiger partial charge on any atom is -0.479 e. The lowest BCUT2D eigenvalue weighted by Crippen LogP contribution is -2.52. The van der Waals surface area contributed by atoms with Gasteiger partial charge in [0.1, 0.15) is 24.2 Å². The minimum atomic E-state index is -4.95. The summed E-state index contributed by atoms with van der Waals surface area (Å²) in [5.74, 6) is -0.0455. The topological polar surface area (TPSA) is 134 Å². The Labute approximate surface area is 290 Å². The summed E-state index contributed by atoms with van der Waals surface area (Å²) in [6.45, 7) is 8.26. The van der Waals surface area contributed by atoms with Gasteiger partial charge < -0.3 is 34.5 Å². The zero-order valence-electron chi connectivity index (χ0n) is 27.5. The molecule has 2 aliphatic heterocycles. The SMILES string of the molecule is COc1nc(N2CCC(N3CCN(C)CC3)CC2)c(OC(F)(F)F)cc1Nc1ncc(Br)c(Nc2ccc3nccnc3c2P(C)(C)=O)n1. The Morgan fingerprint density at radius 3 is 2.35 bits per heavy atom. The second kappa shape index (κ2) is 14.2. The zero-order chi connectivity index (χ0) is 34.9. The molecule has 0 aliphatic carbocycles. The number of fused-ring (bicyclic) bond motifs is 1. The van der Waals surface area contributed by atoms with Crippen molar-refractivity contribution in [2.24, 2.45) is 0 Å². The van der Waals surface area contributed by atoms with Crippen LogP contribution in [0.4, 0.5) is 42.1 Å². The van der Waals surface area contributed by atoms with Crippen LogP contribution in [0.5, 0.6) is 11.6 Å². The molecule has 0 saturated carbocycles. The first-order chi connectivity index (χ1) is 23.3. The molecule has 4 aromatic rings. The molecule has 0 unspecified atom stereocenters. The molecule has 0 bridgehead atoms. The maximum atomic E-state index is 13.7. The third kappa shape index (κ3) is 8.17. The van der Waals surface area contributed by atoms with Gasteiger partial charge in [-0.2, -0.15) is 9.97 Å². The number of hydrogen-bond donors (Lipinski definition) is 2. The molecular weight excluding hydrogens is 728 g/mol. The van der Waals surface area contributed by atoms with E-state index < -0.39 is 19.3 Å². The molecule has 5 heterocycles. The van der Waals surface area contributed by atoms with E-state index in [0.717, 1.165) is 39.0 Å². The number of rotatable bonds is 9. The van der Waals surface area contributed by atoms with Crippen LogP contribution in [0.25, 0.3) is 11.0 Å². The first kappa shape index (κ1) is 35.1. The molecule has 13 nitrogen and oxygen atoms in total. The quantitative estimate of drug-likeness (QED) is 0.210. The van der Waals surface area contributed by atoms with Crippen molar-refractivity contribution < 1.29 is 27.2 Å². The van der Waals surface area contributed by atoms with Gasteiger partial charge in [-0.15, -0.1) is 13.2 Å². The predicted molar refractivity (Wildman–Crippen MR) is 187 cm³/mol. The maximum Gasteiger partial charge on any atom is 0.573 e. The van der Waals surface area contributed by atoms with E-state index in [1.165, 1.54) is 25.6 Å². The average Bonchev–Trinajstić information content (AvgIpc) is 3.05. The van der Waals surface area contributed by atoms with E-state index in [-0.39, 0.29) is 23.3 Å². The van der Waals surface area contributed by atoms with Gasteiger partial charge >= 0.3 is 6.36 Å². The Balaban J connectivity index is 1.27. The van der Waals surface area contributed by atoms with Crippen LogP contribution in [-0.2, 0) is 4.57 Å². The Morgan fingerprint density at radius 2 is 1.67 bits per heavy atom. The molecule has 2 N–H and O–H groups in total. The lowest BCUT2D eigenvalue weighted by atomic mass is 10.0. The van der Waals surface area contributed by atoms with Crippen LogP contribution in [0, 0.1) is 0 Å². The molecule has 49 heavy (non-hydrogen) atoms. The van der Waals surface area contributed by atoms with Crippen molar-refractivity contribution in [3.05, 3.63) is 41.3 Å². The fraction of sp³-hybridized carbons (Fsp3) is 0.452. The number of anilines is 5.